The van der Waals surface area contributed by atoms with Gasteiger partial charge in [0.15, 0.2) is 5.43 Å². The van der Waals surface area contributed by atoms with Crippen LogP contribution in [-0.2, 0) is 6.54 Å². The molecule has 1 unspecified atom stereocenters. The summed E-state index contributed by atoms with van der Waals surface area (Å²) >= 11 is 0. The van der Waals surface area contributed by atoms with E-state index in [4.69, 9.17) is 13.6 Å². The summed E-state index contributed by atoms with van der Waals surface area (Å²) in [5.74, 6) is 1.10. The minimum atomic E-state index is -0.599. The normalized spacial score (nSPS) is 15.2. The van der Waals surface area contributed by atoms with Gasteiger partial charge in [-0.25, -0.2) is 0 Å². The molecule has 0 N–H and O–H groups in total. The first-order valence-corrected chi connectivity index (χ1v) is 11.3. The minimum absolute atomic E-state index is 0.0875. The number of hydrogen-bond donors (Lipinski definition) is 0. The molecule has 0 saturated heterocycles. The maximum Gasteiger partial charge on any atom is 0.291 e. The SMILES string of the molecule is CCCCCOc1cccc(C2c3c(oc4ccccc4c3=O)C(=O)N2Cc2ccco2)c1. The second kappa shape index (κ2) is 8.98. The highest BCUT2D eigenvalue weighted by Gasteiger charge is 2.43. The summed E-state index contributed by atoms with van der Waals surface area (Å²) < 4.78 is 17.4. The van der Waals surface area contributed by atoms with Gasteiger partial charge in [0.05, 0.1) is 36.4 Å². The van der Waals surface area contributed by atoms with E-state index in [1.807, 2.05) is 30.3 Å². The van der Waals surface area contributed by atoms with Gasteiger partial charge in [-0.2, -0.15) is 0 Å². The molecule has 6 nitrogen and oxygen atoms in total. The molecule has 0 aliphatic carbocycles. The number of benzene rings is 2. The molecule has 6 heteroatoms. The molecule has 2 aromatic heterocycles. The molecule has 1 amide bonds. The Labute approximate surface area is 191 Å². The third-order valence-electron chi connectivity index (χ3n) is 5.97. The van der Waals surface area contributed by atoms with Crippen LogP contribution in [0.2, 0.25) is 0 Å². The van der Waals surface area contributed by atoms with Gasteiger partial charge < -0.3 is 18.5 Å². The second-order valence-corrected chi connectivity index (χ2v) is 8.21. The zero-order chi connectivity index (χ0) is 22.8. The standard InChI is InChI=1S/C27H25NO5/c1-2-3-6-14-31-19-10-7-9-18(16-19)24-23-25(29)21-12-4-5-13-22(21)33-26(23)27(30)28(24)17-20-11-8-15-32-20/h4-5,7-13,15-16,24H,2-3,6,14,17H2,1H3. The Morgan fingerprint density at radius 3 is 2.70 bits per heavy atom. The number of rotatable bonds is 8. The van der Waals surface area contributed by atoms with Crippen molar-refractivity contribution in [1.29, 1.82) is 0 Å². The summed E-state index contributed by atoms with van der Waals surface area (Å²) in [6.45, 7) is 3.00. The van der Waals surface area contributed by atoms with E-state index in [0.29, 0.717) is 34.6 Å². The number of amides is 1. The summed E-state index contributed by atoms with van der Waals surface area (Å²) in [4.78, 5) is 28.6. The van der Waals surface area contributed by atoms with Gasteiger partial charge in [0.25, 0.3) is 5.91 Å². The van der Waals surface area contributed by atoms with Gasteiger partial charge in [-0.1, -0.05) is 44.0 Å². The van der Waals surface area contributed by atoms with Crippen molar-refractivity contribution >= 4 is 16.9 Å². The molecule has 1 aliphatic rings. The maximum absolute atomic E-state index is 13.5. The lowest BCUT2D eigenvalue weighted by atomic mass is 9.98. The molecular formula is C27H25NO5. The average molecular weight is 443 g/mol. The number of fused-ring (bicyclic) bond motifs is 2. The van der Waals surface area contributed by atoms with Crippen molar-refractivity contribution in [3.63, 3.8) is 0 Å². The van der Waals surface area contributed by atoms with E-state index < -0.39 is 6.04 Å². The second-order valence-electron chi connectivity index (χ2n) is 8.21. The number of nitrogens with zero attached hydrogens (tertiary/aromatic N) is 1. The van der Waals surface area contributed by atoms with E-state index in [9.17, 15) is 9.59 Å². The molecule has 0 fully saturated rings. The Hall–Kier alpha value is -3.80. The van der Waals surface area contributed by atoms with Gasteiger partial charge in [-0.15, -0.1) is 0 Å². The lowest BCUT2D eigenvalue weighted by Gasteiger charge is -2.24. The van der Waals surface area contributed by atoms with E-state index in [0.717, 1.165) is 24.8 Å². The number of para-hydroxylation sites is 1. The largest absolute Gasteiger partial charge is 0.494 e. The molecule has 1 aliphatic heterocycles. The van der Waals surface area contributed by atoms with Gasteiger partial charge >= 0.3 is 0 Å². The highest BCUT2D eigenvalue weighted by molar-refractivity contribution is 5.99. The minimum Gasteiger partial charge on any atom is -0.494 e. The predicted octanol–water partition coefficient (Wildman–Crippen LogP) is 5.70. The molecule has 0 saturated carbocycles. The summed E-state index contributed by atoms with van der Waals surface area (Å²) in [6, 6.07) is 17.6. The van der Waals surface area contributed by atoms with Crippen LogP contribution in [0.5, 0.6) is 5.75 Å². The Bertz CT molecular complexity index is 1340. The van der Waals surface area contributed by atoms with Crippen LogP contribution in [-0.4, -0.2) is 17.4 Å². The molecule has 1 atom stereocenters. The van der Waals surface area contributed by atoms with Crippen molar-refractivity contribution in [2.45, 2.75) is 38.8 Å². The van der Waals surface area contributed by atoms with Crippen molar-refractivity contribution in [2.75, 3.05) is 6.61 Å². The summed E-state index contributed by atoms with van der Waals surface area (Å²) in [5, 5.41) is 0.459. The third kappa shape index (κ3) is 3.93. The van der Waals surface area contributed by atoms with Gasteiger partial charge in [0.2, 0.25) is 5.76 Å². The van der Waals surface area contributed by atoms with Crippen LogP contribution in [0.3, 0.4) is 0 Å². The van der Waals surface area contributed by atoms with Crippen molar-refractivity contribution in [3.05, 3.63) is 99.8 Å². The first-order valence-electron chi connectivity index (χ1n) is 11.3. The monoisotopic (exact) mass is 443 g/mol. The van der Waals surface area contributed by atoms with E-state index >= 15 is 0 Å². The Kier molecular flexibility index (Phi) is 5.73. The molecule has 4 aromatic rings. The summed E-state index contributed by atoms with van der Waals surface area (Å²) in [5.41, 5.74) is 1.36. The number of unbranched alkanes of at least 4 members (excludes halogenated alkanes) is 2. The predicted molar refractivity (Wildman–Crippen MR) is 124 cm³/mol. The molecule has 168 valence electrons. The van der Waals surface area contributed by atoms with Gasteiger partial charge in [-0.3, -0.25) is 9.59 Å². The molecule has 5 rings (SSSR count). The third-order valence-corrected chi connectivity index (χ3v) is 5.97. The fraction of sp³-hybridized carbons (Fsp3) is 0.259. The van der Waals surface area contributed by atoms with Gasteiger partial charge in [0, 0.05) is 0 Å². The van der Waals surface area contributed by atoms with E-state index in [2.05, 4.69) is 6.92 Å². The zero-order valence-electron chi connectivity index (χ0n) is 18.5. The first-order chi connectivity index (χ1) is 16.2. The van der Waals surface area contributed by atoms with Crippen LogP contribution in [0.15, 0.2) is 80.6 Å². The van der Waals surface area contributed by atoms with E-state index in [1.165, 1.54) is 0 Å². The molecule has 0 bridgehead atoms. The van der Waals surface area contributed by atoms with E-state index in [-0.39, 0.29) is 23.6 Å². The van der Waals surface area contributed by atoms with E-state index in [1.54, 1.807) is 41.5 Å². The van der Waals surface area contributed by atoms with Crippen LogP contribution in [0, 0.1) is 0 Å². The lowest BCUT2D eigenvalue weighted by Crippen LogP contribution is -2.29. The number of carbonyl (C=O) groups excluding carboxylic acids is 1. The topological polar surface area (TPSA) is 72.9 Å². The number of carbonyl (C=O) groups is 1. The molecule has 3 heterocycles. The smallest absolute Gasteiger partial charge is 0.291 e. The van der Waals surface area contributed by atoms with Crippen molar-refractivity contribution in [3.8, 4) is 5.75 Å². The van der Waals surface area contributed by atoms with Crippen LogP contribution < -0.4 is 10.2 Å². The highest BCUT2D eigenvalue weighted by Crippen LogP contribution is 2.40. The van der Waals surface area contributed by atoms with Crippen molar-refractivity contribution in [1.82, 2.24) is 4.90 Å². The Morgan fingerprint density at radius 1 is 1.00 bits per heavy atom. The van der Waals surface area contributed by atoms with Crippen LogP contribution in [0.25, 0.3) is 11.0 Å². The fourth-order valence-electron chi connectivity index (χ4n) is 4.36. The lowest BCUT2D eigenvalue weighted by molar-refractivity contribution is 0.0701. The fourth-order valence-corrected chi connectivity index (χ4v) is 4.36. The van der Waals surface area contributed by atoms with Crippen LogP contribution >= 0.6 is 0 Å². The quantitative estimate of drug-likeness (QED) is 0.327. The molecule has 0 spiro atoms. The Balaban J connectivity index is 1.60. The summed E-state index contributed by atoms with van der Waals surface area (Å²) in [7, 11) is 0. The molecular weight excluding hydrogens is 418 g/mol. The van der Waals surface area contributed by atoms with Crippen molar-refractivity contribution < 1.29 is 18.4 Å². The van der Waals surface area contributed by atoms with Crippen molar-refractivity contribution in [2.24, 2.45) is 0 Å². The van der Waals surface area contributed by atoms with Gasteiger partial charge in [-0.05, 0) is 48.4 Å². The molecule has 2 aromatic carbocycles. The van der Waals surface area contributed by atoms with Crippen LogP contribution in [0.4, 0.5) is 0 Å². The first kappa shape index (κ1) is 21.1. The summed E-state index contributed by atoms with van der Waals surface area (Å²) in [6.07, 6.45) is 4.78. The highest BCUT2D eigenvalue weighted by atomic mass is 16.5. The number of hydrogen-bond acceptors (Lipinski definition) is 5. The Morgan fingerprint density at radius 2 is 1.88 bits per heavy atom. The number of ether oxygens (including phenoxy) is 1. The number of furan rings is 1. The molecule has 33 heavy (non-hydrogen) atoms. The van der Waals surface area contributed by atoms with Crippen LogP contribution in [0.1, 0.15) is 59.7 Å². The maximum atomic E-state index is 13.5. The molecule has 0 radical (unpaired) electrons. The zero-order valence-corrected chi connectivity index (χ0v) is 18.5. The average Bonchev–Trinajstić information content (AvgIpc) is 3.45. The van der Waals surface area contributed by atoms with Gasteiger partial charge in [0.1, 0.15) is 17.1 Å².